The predicted octanol–water partition coefficient (Wildman–Crippen LogP) is 3.41. The van der Waals surface area contributed by atoms with E-state index in [1.165, 1.54) is 18.4 Å². The molecule has 1 unspecified atom stereocenters. The summed E-state index contributed by atoms with van der Waals surface area (Å²) >= 11 is 0. The van der Waals surface area contributed by atoms with Crippen LogP contribution >= 0.6 is 24.0 Å². The average Bonchev–Trinajstić information content (AvgIpc) is 3.07. The number of guanidine groups is 1. The fourth-order valence-corrected chi connectivity index (χ4v) is 3.09. The second-order valence-electron chi connectivity index (χ2n) is 7.36. The number of methoxy groups -OCH3 is 1. The molecule has 0 saturated carbocycles. The Labute approximate surface area is 169 Å². The molecule has 0 radical (unpaired) electrons. The second-order valence-corrected chi connectivity index (χ2v) is 7.36. The molecule has 0 aromatic heterocycles. The Hall–Kier alpha value is -1.02. The van der Waals surface area contributed by atoms with E-state index >= 15 is 0 Å². The van der Waals surface area contributed by atoms with Crippen LogP contribution < -0.4 is 15.4 Å². The van der Waals surface area contributed by atoms with Crippen molar-refractivity contribution >= 4 is 29.9 Å². The van der Waals surface area contributed by atoms with Crippen LogP contribution in [0.4, 0.5) is 0 Å². The number of likely N-dealkylation sites (tertiary alicyclic amines) is 1. The lowest BCUT2D eigenvalue weighted by atomic mass is 10.0. The number of aliphatic imine (C=N–C) groups is 1. The second kappa shape index (κ2) is 10.2. The molecular weight excluding hydrogens is 427 g/mol. The third-order valence-electron chi connectivity index (χ3n) is 4.24. The highest BCUT2D eigenvalue weighted by atomic mass is 127. The number of benzene rings is 1. The number of nitrogens with zero attached hydrogens (tertiary/aromatic N) is 2. The summed E-state index contributed by atoms with van der Waals surface area (Å²) in [5.74, 6) is 1.75. The van der Waals surface area contributed by atoms with E-state index in [-0.39, 0.29) is 29.5 Å². The molecule has 0 bridgehead atoms. The van der Waals surface area contributed by atoms with E-state index in [2.05, 4.69) is 59.5 Å². The van der Waals surface area contributed by atoms with Gasteiger partial charge >= 0.3 is 0 Å². The van der Waals surface area contributed by atoms with Crippen molar-refractivity contribution in [1.82, 2.24) is 15.5 Å². The number of halogens is 1. The average molecular weight is 460 g/mol. The highest BCUT2D eigenvalue weighted by Gasteiger charge is 2.24. The number of hydrogen-bond acceptors (Lipinski definition) is 3. The van der Waals surface area contributed by atoms with Gasteiger partial charge in [0.15, 0.2) is 5.96 Å². The van der Waals surface area contributed by atoms with Crippen LogP contribution in [-0.2, 0) is 0 Å². The number of ether oxygens (including phenoxy) is 1. The molecule has 1 saturated heterocycles. The van der Waals surface area contributed by atoms with Gasteiger partial charge in [-0.25, -0.2) is 0 Å². The highest BCUT2D eigenvalue weighted by molar-refractivity contribution is 14.0. The van der Waals surface area contributed by atoms with Crippen LogP contribution in [0.2, 0.25) is 0 Å². The fourth-order valence-electron chi connectivity index (χ4n) is 3.09. The molecular formula is C19H33IN4O. The molecule has 2 rings (SSSR count). The van der Waals surface area contributed by atoms with Crippen LogP contribution in [-0.4, -0.2) is 50.2 Å². The predicted molar refractivity (Wildman–Crippen MR) is 116 cm³/mol. The van der Waals surface area contributed by atoms with Crippen molar-refractivity contribution in [3.8, 4) is 5.75 Å². The van der Waals surface area contributed by atoms with Crippen LogP contribution in [0.5, 0.6) is 5.75 Å². The lowest BCUT2D eigenvalue weighted by Crippen LogP contribution is -2.49. The third kappa shape index (κ3) is 7.01. The Balaban J connectivity index is 0.00000312. The molecule has 6 heteroatoms. The molecule has 5 nitrogen and oxygen atoms in total. The van der Waals surface area contributed by atoms with Gasteiger partial charge in [-0.2, -0.15) is 0 Å². The lowest BCUT2D eigenvalue weighted by molar-refractivity contribution is 0.244. The van der Waals surface area contributed by atoms with E-state index in [1.54, 1.807) is 7.11 Å². The summed E-state index contributed by atoms with van der Waals surface area (Å²) in [6.07, 6.45) is 2.55. The van der Waals surface area contributed by atoms with Crippen molar-refractivity contribution in [2.75, 3.05) is 33.8 Å². The Morgan fingerprint density at radius 1 is 1.28 bits per heavy atom. The van der Waals surface area contributed by atoms with E-state index in [9.17, 15) is 0 Å². The zero-order chi connectivity index (χ0) is 17.6. The summed E-state index contributed by atoms with van der Waals surface area (Å²) in [6, 6.07) is 8.72. The largest absolute Gasteiger partial charge is 0.497 e. The van der Waals surface area contributed by atoms with Crippen molar-refractivity contribution in [1.29, 1.82) is 0 Å². The minimum atomic E-state index is -0.0129. The molecule has 0 aliphatic carbocycles. The first-order valence-corrected chi connectivity index (χ1v) is 8.80. The molecule has 0 spiro atoms. The van der Waals surface area contributed by atoms with Gasteiger partial charge in [-0.1, -0.05) is 12.1 Å². The maximum atomic E-state index is 5.41. The molecule has 0 amide bonds. The van der Waals surface area contributed by atoms with Crippen LogP contribution in [0.25, 0.3) is 0 Å². The molecule has 1 heterocycles. The first-order chi connectivity index (χ1) is 11.4. The lowest BCUT2D eigenvalue weighted by Gasteiger charge is -2.30. The Morgan fingerprint density at radius 2 is 1.96 bits per heavy atom. The van der Waals surface area contributed by atoms with Gasteiger partial charge in [0, 0.05) is 19.1 Å². The molecule has 142 valence electrons. The molecule has 2 N–H and O–H groups in total. The minimum absolute atomic E-state index is 0. The summed E-state index contributed by atoms with van der Waals surface area (Å²) in [7, 11) is 3.54. The summed E-state index contributed by atoms with van der Waals surface area (Å²) in [5.41, 5.74) is 1.27. The monoisotopic (exact) mass is 460 g/mol. The van der Waals surface area contributed by atoms with Crippen molar-refractivity contribution < 1.29 is 4.74 Å². The smallest absolute Gasteiger partial charge is 0.191 e. The first kappa shape index (κ1) is 22.0. The van der Waals surface area contributed by atoms with Gasteiger partial charge in [-0.05, 0) is 64.4 Å². The van der Waals surface area contributed by atoms with Gasteiger partial charge in [-0.15, -0.1) is 24.0 Å². The SMILES string of the molecule is CN=C(NCC(c1cccc(OC)c1)N1CCCC1)NC(C)(C)C.I. The van der Waals surface area contributed by atoms with Gasteiger partial charge in [0.25, 0.3) is 0 Å². The molecule has 1 aliphatic rings. The standard InChI is InChI=1S/C19H32N4O.HI/c1-19(2,3)22-18(20-4)21-14-17(23-11-6-7-12-23)15-9-8-10-16(13-15)24-5;/h8-10,13,17H,6-7,11-12,14H2,1-5H3,(H2,20,21,22);1H. The van der Waals surface area contributed by atoms with E-state index in [0.29, 0.717) is 6.04 Å². The van der Waals surface area contributed by atoms with E-state index in [1.807, 2.05) is 13.1 Å². The maximum Gasteiger partial charge on any atom is 0.191 e. The highest BCUT2D eigenvalue weighted by Crippen LogP contribution is 2.27. The molecule has 1 aromatic rings. The van der Waals surface area contributed by atoms with E-state index in [0.717, 1.165) is 31.3 Å². The quantitative estimate of drug-likeness (QED) is 0.402. The van der Waals surface area contributed by atoms with Crippen LogP contribution in [0, 0.1) is 0 Å². The van der Waals surface area contributed by atoms with Gasteiger partial charge in [-0.3, -0.25) is 9.89 Å². The number of nitrogens with one attached hydrogen (secondary N) is 2. The number of rotatable bonds is 5. The molecule has 1 atom stereocenters. The van der Waals surface area contributed by atoms with Gasteiger partial charge < -0.3 is 15.4 Å². The summed E-state index contributed by atoms with van der Waals surface area (Å²) in [5, 5.41) is 6.92. The number of hydrogen-bond donors (Lipinski definition) is 2. The molecule has 1 fully saturated rings. The Bertz CT molecular complexity index is 551. The van der Waals surface area contributed by atoms with Crippen molar-refractivity contribution in [3.63, 3.8) is 0 Å². The third-order valence-corrected chi connectivity index (χ3v) is 4.24. The molecule has 25 heavy (non-hydrogen) atoms. The Kier molecular flexibility index (Phi) is 8.99. The first-order valence-electron chi connectivity index (χ1n) is 8.80. The summed E-state index contributed by atoms with van der Waals surface area (Å²) in [6.45, 7) is 9.53. The molecule has 1 aromatic carbocycles. The van der Waals surface area contributed by atoms with Gasteiger partial charge in [0.05, 0.1) is 13.2 Å². The Morgan fingerprint density at radius 3 is 2.52 bits per heavy atom. The maximum absolute atomic E-state index is 5.41. The van der Waals surface area contributed by atoms with Crippen LogP contribution in [0.3, 0.4) is 0 Å². The normalized spacial score (nSPS) is 16.9. The molecule has 1 aliphatic heterocycles. The van der Waals surface area contributed by atoms with E-state index < -0.39 is 0 Å². The van der Waals surface area contributed by atoms with Crippen molar-refractivity contribution in [2.45, 2.75) is 45.2 Å². The topological polar surface area (TPSA) is 48.9 Å². The van der Waals surface area contributed by atoms with Gasteiger partial charge in [0.2, 0.25) is 0 Å². The van der Waals surface area contributed by atoms with E-state index in [4.69, 9.17) is 4.74 Å². The summed E-state index contributed by atoms with van der Waals surface area (Å²) in [4.78, 5) is 6.90. The zero-order valence-electron chi connectivity index (χ0n) is 16.1. The minimum Gasteiger partial charge on any atom is -0.497 e. The van der Waals surface area contributed by atoms with Crippen molar-refractivity contribution in [2.24, 2.45) is 4.99 Å². The van der Waals surface area contributed by atoms with Crippen LogP contribution in [0.1, 0.15) is 45.2 Å². The zero-order valence-corrected chi connectivity index (χ0v) is 18.5. The van der Waals surface area contributed by atoms with Crippen molar-refractivity contribution in [3.05, 3.63) is 29.8 Å². The van der Waals surface area contributed by atoms with Crippen LogP contribution in [0.15, 0.2) is 29.3 Å². The van der Waals surface area contributed by atoms with Gasteiger partial charge in [0.1, 0.15) is 5.75 Å². The fraction of sp³-hybridized carbons (Fsp3) is 0.632. The summed E-state index contributed by atoms with van der Waals surface area (Å²) < 4.78 is 5.41.